The van der Waals surface area contributed by atoms with Crippen LogP contribution in [0.2, 0.25) is 10.0 Å². The Morgan fingerprint density at radius 2 is 1.77 bits per heavy atom. The summed E-state index contributed by atoms with van der Waals surface area (Å²) >= 11 is 11.9. The number of anilines is 1. The van der Waals surface area contributed by atoms with Crippen molar-refractivity contribution in [2.24, 2.45) is 0 Å². The highest BCUT2D eigenvalue weighted by molar-refractivity contribution is 6.36. The van der Waals surface area contributed by atoms with E-state index >= 15 is 0 Å². The highest BCUT2D eigenvalue weighted by atomic mass is 35.5. The third kappa shape index (κ3) is 2.73. The zero-order valence-corrected chi connectivity index (χ0v) is 12.8. The van der Waals surface area contributed by atoms with Crippen LogP contribution in [0, 0.1) is 0 Å². The second-order valence-corrected chi connectivity index (χ2v) is 5.60. The molecule has 22 heavy (non-hydrogen) atoms. The van der Waals surface area contributed by atoms with Crippen molar-refractivity contribution in [3.63, 3.8) is 0 Å². The van der Waals surface area contributed by atoms with E-state index < -0.39 is 5.91 Å². The molecule has 0 radical (unpaired) electrons. The quantitative estimate of drug-likeness (QED) is 0.641. The minimum atomic E-state index is -0.431. The van der Waals surface area contributed by atoms with E-state index in [4.69, 9.17) is 23.2 Å². The van der Waals surface area contributed by atoms with E-state index in [1.165, 1.54) is 12.1 Å². The summed E-state index contributed by atoms with van der Waals surface area (Å²) in [6, 6.07) is 15.4. The van der Waals surface area contributed by atoms with Crippen LogP contribution in [-0.2, 0) is 0 Å². The third-order valence-corrected chi connectivity index (χ3v) is 3.88. The van der Waals surface area contributed by atoms with Crippen LogP contribution in [0.5, 0.6) is 5.75 Å². The first-order valence-electron chi connectivity index (χ1n) is 6.53. The zero-order chi connectivity index (χ0) is 15.7. The summed E-state index contributed by atoms with van der Waals surface area (Å²) in [4.78, 5) is 12.4. The summed E-state index contributed by atoms with van der Waals surface area (Å²) in [5, 5.41) is 15.1. The first-order valence-corrected chi connectivity index (χ1v) is 7.29. The maximum atomic E-state index is 12.4. The lowest BCUT2D eigenvalue weighted by Gasteiger charge is -2.11. The van der Waals surface area contributed by atoms with Gasteiger partial charge in [0.1, 0.15) is 5.75 Å². The van der Waals surface area contributed by atoms with Gasteiger partial charge in [0.2, 0.25) is 0 Å². The molecule has 5 heteroatoms. The van der Waals surface area contributed by atoms with Crippen molar-refractivity contribution < 1.29 is 9.90 Å². The molecule has 110 valence electrons. The Kier molecular flexibility index (Phi) is 3.92. The minimum absolute atomic E-state index is 0.00907. The van der Waals surface area contributed by atoms with Crippen LogP contribution >= 0.6 is 23.2 Å². The number of nitrogens with one attached hydrogen (secondary N) is 1. The third-order valence-electron chi connectivity index (χ3n) is 3.32. The molecule has 0 spiro atoms. The van der Waals surface area contributed by atoms with Crippen LogP contribution < -0.4 is 5.32 Å². The second kappa shape index (κ2) is 5.87. The Balaban J connectivity index is 2.04. The topological polar surface area (TPSA) is 49.3 Å². The average Bonchev–Trinajstić information content (AvgIpc) is 2.52. The SMILES string of the molecule is O=C(Nc1c(O)ccc2ccccc12)c1cc(Cl)ccc1Cl. The van der Waals surface area contributed by atoms with Gasteiger partial charge in [0, 0.05) is 10.4 Å². The van der Waals surface area contributed by atoms with Crippen molar-refractivity contribution in [1.29, 1.82) is 0 Å². The molecule has 0 aliphatic carbocycles. The number of hydrogen-bond acceptors (Lipinski definition) is 2. The van der Waals surface area contributed by atoms with Gasteiger partial charge in [-0.2, -0.15) is 0 Å². The van der Waals surface area contributed by atoms with E-state index in [2.05, 4.69) is 5.32 Å². The van der Waals surface area contributed by atoms with Crippen molar-refractivity contribution in [3.8, 4) is 5.75 Å². The molecule has 2 N–H and O–H groups in total. The van der Waals surface area contributed by atoms with Crippen LogP contribution in [-0.4, -0.2) is 11.0 Å². The molecule has 0 aliphatic rings. The van der Waals surface area contributed by atoms with Crippen molar-refractivity contribution in [1.82, 2.24) is 0 Å². The fourth-order valence-electron chi connectivity index (χ4n) is 2.24. The normalized spacial score (nSPS) is 10.6. The van der Waals surface area contributed by atoms with Gasteiger partial charge in [-0.3, -0.25) is 4.79 Å². The predicted molar refractivity (Wildman–Crippen MR) is 90.0 cm³/mol. The molecule has 0 atom stereocenters. The van der Waals surface area contributed by atoms with Gasteiger partial charge < -0.3 is 10.4 Å². The van der Waals surface area contributed by atoms with Crippen molar-refractivity contribution in [2.45, 2.75) is 0 Å². The molecular formula is C17H11Cl2NO2. The number of carbonyl (C=O) groups is 1. The molecule has 0 heterocycles. The number of halogens is 2. The standard InChI is InChI=1S/C17H11Cl2NO2/c18-11-6-7-14(19)13(9-11)17(22)20-16-12-4-2-1-3-10(12)5-8-15(16)21/h1-9,21H,(H,20,22). The van der Waals surface area contributed by atoms with Crippen molar-refractivity contribution in [2.75, 3.05) is 5.32 Å². The molecule has 0 aliphatic heterocycles. The number of rotatable bonds is 2. The van der Waals surface area contributed by atoms with Gasteiger partial charge in [-0.15, -0.1) is 0 Å². The van der Waals surface area contributed by atoms with Gasteiger partial charge in [0.15, 0.2) is 0 Å². The lowest BCUT2D eigenvalue weighted by molar-refractivity contribution is 0.102. The van der Waals surface area contributed by atoms with E-state index in [0.29, 0.717) is 15.7 Å². The second-order valence-electron chi connectivity index (χ2n) is 4.76. The van der Waals surface area contributed by atoms with Crippen molar-refractivity contribution >= 4 is 45.6 Å². The summed E-state index contributed by atoms with van der Waals surface area (Å²) in [5.41, 5.74) is 0.598. The fourth-order valence-corrected chi connectivity index (χ4v) is 2.62. The molecule has 3 aromatic rings. The summed E-state index contributed by atoms with van der Waals surface area (Å²) in [6.45, 7) is 0. The van der Waals surface area contributed by atoms with Gasteiger partial charge in [-0.1, -0.05) is 53.5 Å². The molecule has 0 saturated heterocycles. The van der Waals surface area contributed by atoms with Crippen LogP contribution in [0.1, 0.15) is 10.4 Å². The Bertz CT molecular complexity index is 878. The van der Waals surface area contributed by atoms with E-state index in [9.17, 15) is 9.90 Å². The van der Waals surface area contributed by atoms with E-state index in [0.717, 1.165) is 10.8 Å². The minimum Gasteiger partial charge on any atom is -0.506 e. The molecule has 3 nitrogen and oxygen atoms in total. The Morgan fingerprint density at radius 1 is 1.00 bits per heavy atom. The fraction of sp³-hybridized carbons (Fsp3) is 0. The lowest BCUT2D eigenvalue weighted by Crippen LogP contribution is -2.13. The van der Waals surface area contributed by atoms with Crippen LogP contribution in [0.15, 0.2) is 54.6 Å². The number of amides is 1. The predicted octanol–water partition coefficient (Wildman–Crippen LogP) is 5.10. The number of hydrogen-bond donors (Lipinski definition) is 2. The van der Waals surface area contributed by atoms with E-state index in [-0.39, 0.29) is 11.3 Å². The molecular weight excluding hydrogens is 321 g/mol. The van der Waals surface area contributed by atoms with Gasteiger partial charge in [0.05, 0.1) is 16.3 Å². The summed E-state index contributed by atoms with van der Waals surface area (Å²) < 4.78 is 0. The maximum Gasteiger partial charge on any atom is 0.257 e. The Labute approximate surface area is 137 Å². The molecule has 0 fully saturated rings. The molecule has 0 unspecified atom stereocenters. The van der Waals surface area contributed by atoms with E-state index in [1.807, 2.05) is 24.3 Å². The number of phenols is 1. The number of fused-ring (bicyclic) bond motifs is 1. The largest absolute Gasteiger partial charge is 0.506 e. The first-order chi connectivity index (χ1) is 10.6. The smallest absolute Gasteiger partial charge is 0.257 e. The highest BCUT2D eigenvalue weighted by Gasteiger charge is 2.15. The zero-order valence-electron chi connectivity index (χ0n) is 11.3. The van der Waals surface area contributed by atoms with Crippen LogP contribution in [0.3, 0.4) is 0 Å². The van der Waals surface area contributed by atoms with Gasteiger partial charge in [-0.25, -0.2) is 0 Å². The molecule has 0 saturated carbocycles. The number of phenolic OH excluding ortho intramolecular Hbond substituents is 1. The molecule has 3 rings (SSSR count). The number of carbonyl (C=O) groups excluding carboxylic acids is 1. The van der Waals surface area contributed by atoms with Crippen LogP contribution in [0.4, 0.5) is 5.69 Å². The maximum absolute atomic E-state index is 12.4. The molecule has 3 aromatic carbocycles. The Morgan fingerprint density at radius 3 is 2.59 bits per heavy atom. The monoisotopic (exact) mass is 331 g/mol. The first kappa shape index (κ1) is 14.7. The molecule has 0 bridgehead atoms. The van der Waals surface area contributed by atoms with Crippen LogP contribution in [0.25, 0.3) is 10.8 Å². The summed E-state index contributed by atoms with van der Waals surface area (Å²) in [6.07, 6.45) is 0. The van der Waals surface area contributed by atoms with Gasteiger partial charge in [0.25, 0.3) is 5.91 Å². The highest BCUT2D eigenvalue weighted by Crippen LogP contribution is 2.33. The molecule has 1 amide bonds. The van der Waals surface area contributed by atoms with Gasteiger partial charge >= 0.3 is 0 Å². The van der Waals surface area contributed by atoms with E-state index in [1.54, 1.807) is 18.2 Å². The van der Waals surface area contributed by atoms with Gasteiger partial charge in [-0.05, 0) is 29.7 Å². The summed E-state index contributed by atoms with van der Waals surface area (Å²) in [7, 11) is 0. The average molecular weight is 332 g/mol. The number of aromatic hydroxyl groups is 1. The number of benzene rings is 3. The molecule has 0 aromatic heterocycles. The summed E-state index contributed by atoms with van der Waals surface area (Å²) in [5.74, 6) is -0.440. The lowest BCUT2D eigenvalue weighted by atomic mass is 10.1. The Hall–Kier alpha value is -2.23. The van der Waals surface area contributed by atoms with Crippen molar-refractivity contribution in [3.05, 3.63) is 70.2 Å².